The van der Waals surface area contributed by atoms with Gasteiger partial charge in [0.15, 0.2) is 6.10 Å². The second kappa shape index (κ2) is 5.25. The van der Waals surface area contributed by atoms with E-state index in [1.807, 2.05) is 6.92 Å². The molecule has 1 rings (SSSR count). The molecule has 0 radical (unpaired) electrons. The maximum Gasteiger partial charge on any atom is 0.344 e. The van der Waals surface area contributed by atoms with Crippen LogP contribution in [-0.4, -0.2) is 22.3 Å². The van der Waals surface area contributed by atoms with Crippen LogP contribution in [0.4, 0.5) is 5.69 Å². The Hall–Kier alpha value is -1.91. The number of anilines is 1. The normalized spacial score (nSPS) is 12.1. The lowest BCUT2D eigenvalue weighted by atomic mass is 10.2. The zero-order valence-electron chi connectivity index (χ0n) is 9.01. The van der Waals surface area contributed by atoms with E-state index < -0.39 is 12.1 Å². The van der Waals surface area contributed by atoms with E-state index in [0.717, 1.165) is 0 Å². The van der Waals surface area contributed by atoms with Gasteiger partial charge in [-0.15, -0.1) is 0 Å². The van der Waals surface area contributed by atoms with Gasteiger partial charge in [-0.2, -0.15) is 0 Å². The number of benzene rings is 1. The Balaban J connectivity index is 2.85. The molecule has 0 amide bonds. The Morgan fingerprint density at radius 1 is 1.56 bits per heavy atom. The lowest BCUT2D eigenvalue weighted by Gasteiger charge is -2.16. The molecule has 4 N–H and O–H groups in total. The number of aliphatic carboxylic acids is 1. The predicted molar refractivity (Wildman–Crippen MR) is 59.5 cm³/mol. The third-order valence-electron chi connectivity index (χ3n) is 2.14. The van der Waals surface area contributed by atoms with Gasteiger partial charge in [-0.1, -0.05) is 19.4 Å². The van der Waals surface area contributed by atoms with Crippen molar-refractivity contribution in [1.29, 1.82) is 0 Å². The van der Waals surface area contributed by atoms with E-state index in [0.29, 0.717) is 12.8 Å². The maximum atomic E-state index is 10.9. The highest BCUT2D eigenvalue weighted by Gasteiger charge is 2.19. The van der Waals surface area contributed by atoms with Crippen LogP contribution in [0.1, 0.15) is 19.8 Å². The Bertz CT molecular complexity index is 378. The number of hydrogen-bond acceptors (Lipinski definition) is 4. The van der Waals surface area contributed by atoms with Gasteiger partial charge in [0.1, 0.15) is 17.2 Å². The van der Waals surface area contributed by atoms with Gasteiger partial charge in [-0.05, 0) is 18.6 Å². The molecule has 1 atom stereocenters. The first-order valence-corrected chi connectivity index (χ1v) is 5.03. The molecular formula is C11H15NO4. The molecule has 0 saturated heterocycles. The first-order chi connectivity index (χ1) is 7.56. The number of ether oxygens (including phenoxy) is 1. The molecule has 0 heterocycles. The number of nitrogens with two attached hydrogens (primary N) is 1. The monoisotopic (exact) mass is 225 g/mol. The second-order valence-electron chi connectivity index (χ2n) is 3.42. The zero-order chi connectivity index (χ0) is 12.1. The van der Waals surface area contributed by atoms with Gasteiger partial charge < -0.3 is 20.7 Å². The van der Waals surface area contributed by atoms with Gasteiger partial charge in [-0.3, -0.25) is 0 Å². The Morgan fingerprint density at radius 3 is 2.81 bits per heavy atom. The summed E-state index contributed by atoms with van der Waals surface area (Å²) in [7, 11) is 0. The number of nitrogen functional groups attached to an aromatic ring is 1. The molecule has 0 aliphatic heterocycles. The molecule has 0 aliphatic rings. The molecule has 0 spiro atoms. The average molecular weight is 225 g/mol. The number of hydrogen-bond donors (Lipinski definition) is 3. The third-order valence-corrected chi connectivity index (χ3v) is 2.14. The van der Waals surface area contributed by atoms with Gasteiger partial charge in [0.05, 0.1) is 0 Å². The van der Waals surface area contributed by atoms with Crippen molar-refractivity contribution in [2.45, 2.75) is 25.9 Å². The summed E-state index contributed by atoms with van der Waals surface area (Å²) in [5.41, 5.74) is 5.62. The molecule has 5 heteroatoms. The summed E-state index contributed by atoms with van der Waals surface area (Å²) in [6.07, 6.45) is 0.147. The SMILES string of the molecule is CCCC(Oc1cccc(O)c1N)C(=O)O. The van der Waals surface area contributed by atoms with Crippen LogP contribution in [0.3, 0.4) is 0 Å². The smallest absolute Gasteiger partial charge is 0.344 e. The molecule has 1 aromatic carbocycles. The quantitative estimate of drug-likeness (QED) is 0.523. The minimum atomic E-state index is -1.04. The minimum absolute atomic E-state index is 0.0600. The van der Waals surface area contributed by atoms with Gasteiger partial charge in [0.2, 0.25) is 0 Å². The van der Waals surface area contributed by atoms with Crippen LogP contribution in [0.2, 0.25) is 0 Å². The van der Waals surface area contributed by atoms with Crippen molar-refractivity contribution in [3.05, 3.63) is 18.2 Å². The van der Waals surface area contributed by atoms with Crippen molar-refractivity contribution in [3.63, 3.8) is 0 Å². The van der Waals surface area contributed by atoms with Crippen molar-refractivity contribution < 1.29 is 19.7 Å². The molecular weight excluding hydrogens is 210 g/mol. The van der Waals surface area contributed by atoms with Crippen LogP contribution < -0.4 is 10.5 Å². The lowest BCUT2D eigenvalue weighted by molar-refractivity contribution is -0.145. The largest absolute Gasteiger partial charge is 0.506 e. The number of phenols is 1. The fourth-order valence-corrected chi connectivity index (χ4v) is 1.28. The van der Waals surface area contributed by atoms with Gasteiger partial charge >= 0.3 is 5.97 Å². The summed E-state index contributed by atoms with van der Waals surface area (Å²) >= 11 is 0. The Kier molecular flexibility index (Phi) is 3.99. The van der Waals surface area contributed by atoms with E-state index in [2.05, 4.69) is 0 Å². The molecule has 16 heavy (non-hydrogen) atoms. The standard InChI is InChI=1S/C11H15NO4/c1-2-4-9(11(14)15)16-8-6-3-5-7(13)10(8)12/h3,5-6,9,13H,2,4,12H2,1H3,(H,14,15). The number of rotatable bonds is 5. The molecule has 5 nitrogen and oxygen atoms in total. The fraction of sp³-hybridized carbons (Fsp3) is 0.364. The fourth-order valence-electron chi connectivity index (χ4n) is 1.28. The topological polar surface area (TPSA) is 92.8 Å². The van der Waals surface area contributed by atoms with Crippen molar-refractivity contribution in [3.8, 4) is 11.5 Å². The second-order valence-corrected chi connectivity index (χ2v) is 3.42. The number of carboxylic acids is 1. The summed E-state index contributed by atoms with van der Waals surface area (Å²) in [6.45, 7) is 1.87. The highest BCUT2D eigenvalue weighted by atomic mass is 16.5. The van der Waals surface area contributed by atoms with Gasteiger partial charge in [-0.25, -0.2) is 4.79 Å². The summed E-state index contributed by atoms with van der Waals surface area (Å²) < 4.78 is 5.24. The van der Waals surface area contributed by atoms with Crippen LogP contribution in [0.15, 0.2) is 18.2 Å². The number of aromatic hydroxyl groups is 1. The first kappa shape index (κ1) is 12.2. The van der Waals surface area contributed by atoms with Crippen LogP contribution >= 0.6 is 0 Å². The van der Waals surface area contributed by atoms with Crippen molar-refractivity contribution in [2.24, 2.45) is 0 Å². The third kappa shape index (κ3) is 2.79. The van der Waals surface area contributed by atoms with Crippen LogP contribution in [0, 0.1) is 0 Å². The molecule has 0 aliphatic carbocycles. The van der Waals surface area contributed by atoms with Crippen molar-refractivity contribution in [2.75, 3.05) is 5.73 Å². The number of phenolic OH excluding ortho intramolecular Hbond substituents is 1. The van der Waals surface area contributed by atoms with E-state index in [4.69, 9.17) is 15.6 Å². The van der Waals surface area contributed by atoms with Gasteiger partial charge in [0.25, 0.3) is 0 Å². The molecule has 88 valence electrons. The molecule has 1 aromatic rings. The number of para-hydroxylation sites is 1. The average Bonchev–Trinajstić information content (AvgIpc) is 2.23. The predicted octanol–water partition coefficient (Wildman–Crippen LogP) is 1.61. The zero-order valence-corrected chi connectivity index (χ0v) is 9.01. The van der Waals surface area contributed by atoms with Crippen molar-refractivity contribution in [1.82, 2.24) is 0 Å². The maximum absolute atomic E-state index is 10.9. The minimum Gasteiger partial charge on any atom is -0.506 e. The van der Waals surface area contributed by atoms with E-state index in [-0.39, 0.29) is 17.2 Å². The first-order valence-electron chi connectivity index (χ1n) is 5.03. The van der Waals surface area contributed by atoms with E-state index in [1.165, 1.54) is 12.1 Å². The van der Waals surface area contributed by atoms with Crippen LogP contribution in [-0.2, 0) is 4.79 Å². The van der Waals surface area contributed by atoms with Crippen LogP contribution in [0.5, 0.6) is 11.5 Å². The van der Waals surface area contributed by atoms with Crippen LogP contribution in [0.25, 0.3) is 0 Å². The van der Waals surface area contributed by atoms with E-state index >= 15 is 0 Å². The Morgan fingerprint density at radius 2 is 2.25 bits per heavy atom. The number of carboxylic acid groups (broad SMARTS) is 1. The highest BCUT2D eigenvalue weighted by Crippen LogP contribution is 2.31. The summed E-state index contributed by atoms with van der Waals surface area (Å²) in [4.78, 5) is 10.9. The highest BCUT2D eigenvalue weighted by molar-refractivity contribution is 5.73. The summed E-state index contributed by atoms with van der Waals surface area (Å²) in [6, 6.07) is 4.49. The summed E-state index contributed by atoms with van der Waals surface area (Å²) in [5, 5.41) is 18.2. The Labute approximate surface area is 93.5 Å². The molecule has 0 saturated carbocycles. The van der Waals surface area contributed by atoms with E-state index in [1.54, 1.807) is 6.07 Å². The molecule has 1 unspecified atom stereocenters. The number of carbonyl (C=O) groups is 1. The van der Waals surface area contributed by atoms with Gasteiger partial charge in [0, 0.05) is 0 Å². The van der Waals surface area contributed by atoms with E-state index in [9.17, 15) is 9.90 Å². The van der Waals surface area contributed by atoms with Crippen molar-refractivity contribution >= 4 is 11.7 Å². The molecule has 0 aromatic heterocycles. The molecule has 0 bridgehead atoms. The summed E-state index contributed by atoms with van der Waals surface area (Å²) in [5.74, 6) is -0.955. The lowest BCUT2D eigenvalue weighted by Crippen LogP contribution is -2.27. The molecule has 0 fully saturated rings.